The van der Waals surface area contributed by atoms with E-state index in [0.717, 1.165) is 0 Å². The molecule has 4 aromatic rings. The highest BCUT2D eigenvalue weighted by molar-refractivity contribution is 5.80. The third kappa shape index (κ3) is 3.45. The fraction of sp³-hybridized carbons (Fsp3) is 0.321. The summed E-state index contributed by atoms with van der Waals surface area (Å²) in [5, 5.41) is 0. The topological polar surface area (TPSA) is 8.81 Å². The van der Waals surface area contributed by atoms with E-state index in [1.807, 2.05) is 0 Å². The van der Waals surface area contributed by atoms with Crippen molar-refractivity contribution in [3.63, 3.8) is 0 Å². The molecule has 0 amide bonds. The van der Waals surface area contributed by atoms with E-state index in [1.165, 1.54) is 39.2 Å². The molecule has 2 nitrogen and oxygen atoms in total. The number of aromatic nitrogens is 2. The first-order chi connectivity index (χ1) is 14.1. The number of para-hydroxylation sites is 3. The van der Waals surface area contributed by atoms with Gasteiger partial charge in [0.25, 0.3) is 5.82 Å². The Morgan fingerprint density at radius 3 is 2.00 bits per heavy atom. The SMILES string of the molecule is Cc1ccc(-c2n(-c3ccccc3)c3ccccc3[n+]2C(C)(C)C)c(C(C)(C)C)c1. The molecule has 4 rings (SSSR count). The minimum absolute atomic E-state index is 0.0367. The molecule has 1 heterocycles. The molecule has 3 aromatic carbocycles. The van der Waals surface area contributed by atoms with Crippen LogP contribution in [0.25, 0.3) is 28.1 Å². The fourth-order valence-corrected chi connectivity index (χ4v) is 4.40. The van der Waals surface area contributed by atoms with Gasteiger partial charge in [-0.1, -0.05) is 68.8 Å². The highest BCUT2D eigenvalue weighted by Gasteiger charge is 2.36. The summed E-state index contributed by atoms with van der Waals surface area (Å²) in [6, 6.07) is 26.4. The number of nitrogens with zero attached hydrogens (tertiary/aromatic N) is 2. The Labute approximate surface area is 180 Å². The van der Waals surface area contributed by atoms with Crippen molar-refractivity contribution in [2.75, 3.05) is 0 Å². The molecule has 30 heavy (non-hydrogen) atoms. The van der Waals surface area contributed by atoms with Crippen LogP contribution in [0.15, 0.2) is 72.8 Å². The summed E-state index contributed by atoms with van der Waals surface area (Å²) >= 11 is 0. The summed E-state index contributed by atoms with van der Waals surface area (Å²) in [5.41, 5.74) is 7.60. The van der Waals surface area contributed by atoms with Gasteiger partial charge in [0.1, 0.15) is 11.2 Å². The smallest absolute Gasteiger partial charge is 0.218 e. The number of rotatable bonds is 2. The van der Waals surface area contributed by atoms with Crippen molar-refractivity contribution in [1.82, 2.24) is 4.57 Å². The highest BCUT2D eigenvalue weighted by atomic mass is 15.2. The molecule has 0 radical (unpaired) electrons. The van der Waals surface area contributed by atoms with Crippen LogP contribution in [0.1, 0.15) is 52.7 Å². The predicted molar refractivity (Wildman–Crippen MR) is 127 cm³/mol. The van der Waals surface area contributed by atoms with E-state index in [-0.39, 0.29) is 11.0 Å². The Balaban J connectivity index is 2.24. The van der Waals surface area contributed by atoms with Crippen LogP contribution in [-0.4, -0.2) is 4.57 Å². The molecule has 154 valence electrons. The molecule has 0 bridgehead atoms. The zero-order chi connectivity index (χ0) is 21.7. The lowest BCUT2D eigenvalue weighted by Gasteiger charge is -2.25. The van der Waals surface area contributed by atoms with E-state index >= 15 is 0 Å². The summed E-state index contributed by atoms with van der Waals surface area (Å²) < 4.78 is 4.94. The first-order valence-corrected chi connectivity index (χ1v) is 10.8. The van der Waals surface area contributed by atoms with Gasteiger partial charge in [-0.05, 0) is 69.0 Å². The first-order valence-electron chi connectivity index (χ1n) is 10.8. The monoisotopic (exact) mass is 397 g/mol. The van der Waals surface area contributed by atoms with Gasteiger partial charge in [-0.2, -0.15) is 4.57 Å². The van der Waals surface area contributed by atoms with Crippen LogP contribution in [0.5, 0.6) is 0 Å². The van der Waals surface area contributed by atoms with Crippen LogP contribution >= 0.6 is 0 Å². The second-order valence-electron chi connectivity index (χ2n) is 10.3. The molecule has 0 aliphatic heterocycles. The number of hydrogen-bond acceptors (Lipinski definition) is 0. The second kappa shape index (κ2) is 7.12. The predicted octanol–water partition coefficient (Wildman–Crippen LogP) is 6.95. The zero-order valence-corrected chi connectivity index (χ0v) is 19.3. The normalized spacial score (nSPS) is 12.5. The van der Waals surface area contributed by atoms with Gasteiger partial charge in [-0.15, -0.1) is 0 Å². The molecule has 0 atom stereocenters. The highest BCUT2D eigenvalue weighted by Crippen LogP contribution is 2.36. The Kier molecular flexibility index (Phi) is 4.85. The van der Waals surface area contributed by atoms with Gasteiger partial charge in [-0.3, -0.25) is 0 Å². The number of aryl methyl sites for hydroxylation is 1. The fourth-order valence-electron chi connectivity index (χ4n) is 4.40. The summed E-state index contributed by atoms with van der Waals surface area (Å²) in [6.45, 7) is 16.0. The van der Waals surface area contributed by atoms with E-state index in [9.17, 15) is 0 Å². The Morgan fingerprint density at radius 1 is 0.733 bits per heavy atom. The molecule has 0 saturated carbocycles. The van der Waals surface area contributed by atoms with Gasteiger partial charge >= 0.3 is 0 Å². The van der Waals surface area contributed by atoms with Crippen molar-refractivity contribution in [1.29, 1.82) is 0 Å². The standard InChI is InChI=1S/C28H33N2/c1-20-17-18-22(23(19-20)27(2,3)4)26-29(21-13-9-8-10-14-21)24-15-11-12-16-25(24)30(26)28(5,6)7/h8-19H,1-7H3/q+1. The van der Waals surface area contributed by atoms with Crippen molar-refractivity contribution < 1.29 is 4.57 Å². The van der Waals surface area contributed by atoms with Crippen LogP contribution < -0.4 is 4.57 Å². The Bertz CT molecular complexity index is 1200. The molecule has 2 heteroatoms. The van der Waals surface area contributed by atoms with Crippen molar-refractivity contribution in [3.8, 4) is 17.1 Å². The van der Waals surface area contributed by atoms with E-state index < -0.39 is 0 Å². The van der Waals surface area contributed by atoms with Crippen LogP contribution in [0.4, 0.5) is 0 Å². The summed E-state index contributed by atoms with van der Waals surface area (Å²) in [7, 11) is 0. The largest absolute Gasteiger partial charge is 0.295 e. The average molecular weight is 398 g/mol. The lowest BCUT2D eigenvalue weighted by atomic mass is 9.82. The van der Waals surface area contributed by atoms with Crippen LogP contribution in [0.3, 0.4) is 0 Å². The van der Waals surface area contributed by atoms with E-state index in [1.54, 1.807) is 0 Å². The summed E-state index contributed by atoms with van der Waals surface area (Å²) in [6.07, 6.45) is 0. The third-order valence-electron chi connectivity index (χ3n) is 5.70. The van der Waals surface area contributed by atoms with Gasteiger partial charge in [0.05, 0.1) is 5.56 Å². The third-order valence-corrected chi connectivity index (χ3v) is 5.70. The van der Waals surface area contributed by atoms with E-state index in [0.29, 0.717) is 0 Å². The van der Waals surface area contributed by atoms with Crippen LogP contribution in [0, 0.1) is 6.92 Å². The van der Waals surface area contributed by atoms with Gasteiger partial charge in [0.2, 0.25) is 0 Å². The summed E-state index contributed by atoms with van der Waals surface area (Å²) in [5.74, 6) is 1.24. The minimum Gasteiger partial charge on any atom is -0.218 e. The van der Waals surface area contributed by atoms with Crippen molar-refractivity contribution in [2.45, 2.75) is 59.4 Å². The Hall–Kier alpha value is -2.87. The van der Waals surface area contributed by atoms with Crippen molar-refractivity contribution >= 4 is 11.0 Å². The molecule has 0 N–H and O–H groups in total. The van der Waals surface area contributed by atoms with Gasteiger partial charge in [0.15, 0.2) is 11.0 Å². The Morgan fingerprint density at radius 2 is 1.37 bits per heavy atom. The number of benzene rings is 3. The van der Waals surface area contributed by atoms with E-state index in [4.69, 9.17) is 0 Å². The molecular formula is C28H33N2+. The lowest BCUT2D eigenvalue weighted by Crippen LogP contribution is -2.51. The quantitative estimate of drug-likeness (QED) is 0.324. The molecule has 0 aliphatic carbocycles. The molecular weight excluding hydrogens is 364 g/mol. The minimum atomic E-state index is -0.0744. The number of hydrogen-bond donors (Lipinski definition) is 0. The molecule has 0 unspecified atom stereocenters. The van der Waals surface area contributed by atoms with Crippen LogP contribution in [-0.2, 0) is 11.0 Å². The molecule has 0 spiro atoms. The lowest BCUT2D eigenvalue weighted by molar-refractivity contribution is -0.720. The summed E-state index contributed by atoms with van der Waals surface area (Å²) in [4.78, 5) is 0. The molecule has 0 aliphatic rings. The van der Waals surface area contributed by atoms with Crippen molar-refractivity contribution in [3.05, 3.63) is 83.9 Å². The first kappa shape index (κ1) is 20.4. The number of fused-ring (bicyclic) bond motifs is 1. The van der Waals surface area contributed by atoms with Gasteiger partial charge in [0, 0.05) is 0 Å². The maximum Gasteiger partial charge on any atom is 0.295 e. The second-order valence-corrected chi connectivity index (χ2v) is 10.3. The average Bonchev–Trinajstić information content (AvgIpc) is 3.03. The molecule has 1 aromatic heterocycles. The van der Waals surface area contributed by atoms with Gasteiger partial charge in [-0.25, -0.2) is 4.57 Å². The number of imidazole rings is 1. The van der Waals surface area contributed by atoms with Crippen LogP contribution in [0.2, 0.25) is 0 Å². The van der Waals surface area contributed by atoms with E-state index in [2.05, 4.69) is 130 Å². The van der Waals surface area contributed by atoms with Gasteiger partial charge < -0.3 is 0 Å². The van der Waals surface area contributed by atoms with Crippen molar-refractivity contribution in [2.24, 2.45) is 0 Å². The molecule has 0 saturated heterocycles. The maximum absolute atomic E-state index is 2.51. The molecule has 0 fully saturated rings. The maximum atomic E-state index is 2.51. The zero-order valence-electron chi connectivity index (χ0n) is 19.3.